The first-order valence-corrected chi connectivity index (χ1v) is 9.26. The number of fused-ring (bicyclic) bond motifs is 1. The van der Waals surface area contributed by atoms with Gasteiger partial charge in [0, 0.05) is 5.69 Å². The van der Waals surface area contributed by atoms with Crippen molar-refractivity contribution in [1.82, 2.24) is 0 Å². The maximum atomic E-state index is 12.2. The topological polar surface area (TPSA) is 108 Å². The van der Waals surface area contributed by atoms with Gasteiger partial charge in [-0.25, -0.2) is 13.6 Å². The second-order valence-corrected chi connectivity index (χ2v) is 7.36. The molecule has 2 aromatic carbocycles. The highest BCUT2D eigenvalue weighted by molar-refractivity contribution is 7.89. The average molecular weight is 383 g/mol. The zero-order chi connectivity index (χ0) is 18.0. The molecule has 132 valence electrons. The molecule has 2 aromatic rings. The Kier molecular flexibility index (Phi) is 4.85. The van der Waals surface area contributed by atoms with Crippen LogP contribution in [0.15, 0.2) is 41.3 Å². The first-order valence-electron chi connectivity index (χ1n) is 7.34. The number of rotatable bonds is 4. The molecule has 0 saturated heterocycles. The fraction of sp³-hybridized carbons (Fsp3) is 0.188. The van der Waals surface area contributed by atoms with Crippen LogP contribution in [0.25, 0.3) is 0 Å². The van der Waals surface area contributed by atoms with Crippen LogP contribution < -0.4 is 19.9 Å². The highest BCUT2D eigenvalue weighted by Crippen LogP contribution is 2.38. The van der Waals surface area contributed by atoms with Crippen molar-refractivity contribution in [2.24, 2.45) is 5.14 Å². The zero-order valence-corrected chi connectivity index (χ0v) is 14.6. The van der Waals surface area contributed by atoms with E-state index in [1.54, 1.807) is 12.1 Å². The number of halogens is 1. The van der Waals surface area contributed by atoms with Gasteiger partial charge in [-0.3, -0.25) is 4.79 Å². The van der Waals surface area contributed by atoms with Crippen LogP contribution in [0.3, 0.4) is 0 Å². The summed E-state index contributed by atoms with van der Waals surface area (Å²) in [6.45, 7) is 0.858. The van der Waals surface area contributed by atoms with Crippen LogP contribution in [0.5, 0.6) is 11.5 Å². The third-order valence-corrected chi connectivity index (χ3v) is 4.70. The van der Waals surface area contributed by atoms with Gasteiger partial charge in [0.05, 0.1) is 16.3 Å². The minimum atomic E-state index is -3.76. The van der Waals surface area contributed by atoms with E-state index in [9.17, 15) is 13.2 Å². The summed E-state index contributed by atoms with van der Waals surface area (Å²) in [6, 6.07) is 8.95. The zero-order valence-electron chi connectivity index (χ0n) is 13.0. The fourth-order valence-corrected chi connectivity index (χ4v) is 3.19. The second kappa shape index (κ2) is 6.91. The minimum Gasteiger partial charge on any atom is -0.486 e. The van der Waals surface area contributed by atoms with Crippen molar-refractivity contribution in [3.63, 3.8) is 0 Å². The molecule has 25 heavy (non-hydrogen) atoms. The van der Waals surface area contributed by atoms with Gasteiger partial charge in [0.2, 0.25) is 15.9 Å². The average Bonchev–Trinajstić information content (AvgIpc) is 2.54. The highest BCUT2D eigenvalue weighted by atomic mass is 35.5. The Morgan fingerprint density at radius 1 is 1.16 bits per heavy atom. The molecule has 0 saturated carbocycles. The summed E-state index contributed by atoms with van der Waals surface area (Å²) in [5, 5.41) is 8.10. The van der Waals surface area contributed by atoms with E-state index >= 15 is 0 Å². The summed E-state index contributed by atoms with van der Waals surface area (Å²) in [6.07, 6.45) is 0.0767. The number of carbonyl (C=O) groups excluding carboxylic acids is 1. The van der Waals surface area contributed by atoms with Crippen molar-refractivity contribution in [3.05, 3.63) is 47.0 Å². The van der Waals surface area contributed by atoms with Crippen molar-refractivity contribution >= 4 is 33.2 Å². The van der Waals surface area contributed by atoms with Gasteiger partial charge in [-0.05, 0) is 42.0 Å². The molecule has 9 heteroatoms. The summed E-state index contributed by atoms with van der Waals surface area (Å²) in [5.74, 6) is 0.714. The Morgan fingerprint density at radius 3 is 2.52 bits per heavy atom. The maximum absolute atomic E-state index is 12.2. The summed E-state index contributed by atoms with van der Waals surface area (Å²) in [5.41, 5.74) is 1.13. The van der Waals surface area contributed by atoms with E-state index < -0.39 is 10.0 Å². The Balaban J connectivity index is 1.69. The third kappa shape index (κ3) is 4.22. The monoisotopic (exact) mass is 382 g/mol. The smallest absolute Gasteiger partial charge is 0.238 e. The Hall–Kier alpha value is -2.29. The molecule has 0 aromatic heterocycles. The van der Waals surface area contributed by atoms with Gasteiger partial charge in [0.15, 0.2) is 11.5 Å². The van der Waals surface area contributed by atoms with Crippen molar-refractivity contribution in [1.29, 1.82) is 0 Å². The van der Waals surface area contributed by atoms with E-state index in [1.807, 2.05) is 0 Å². The number of benzene rings is 2. The number of nitrogens with two attached hydrogens (primary N) is 1. The lowest BCUT2D eigenvalue weighted by atomic mass is 10.1. The molecule has 1 heterocycles. The molecule has 0 fully saturated rings. The standard InChI is InChI=1S/C16H15ClN2O5S/c17-13-7-10(8-14-16(13)24-6-5-23-14)9-15(20)19-11-1-3-12(4-2-11)25(18,21)22/h1-4,7-8H,5-6,9H2,(H,19,20)(H2,18,21,22). The lowest BCUT2D eigenvalue weighted by molar-refractivity contribution is -0.115. The van der Waals surface area contributed by atoms with E-state index in [0.717, 1.165) is 0 Å². The predicted molar refractivity (Wildman–Crippen MR) is 92.6 cm³/mol. The number of ether oxygens (including phenoxy) is 2. The Labute approximate surface area is 149 Å². The van der Waals surface area contributed by atoms with E-state index in [-0.39, 0.29) is 17.2 Å². The molecule has 0 aliphatic carbocycles. The van der Waals surface area contributed by atoms with E-state index in [2.05, 4.69) is 5.32 Å². The van der Waals surface area contributed by atoms with E-state index in [0.29, 0.717) is 41.0 Å². The summed E-state index contributed by atoms with van der Waals surface area (Å²) in [7, 11) is -3.76. The Bertz CT molecular complexity index is 913. The van der Waals surface area contributed by atoms with Crippen LogP contribution in [0.1, 0.15) is 5.56 Å². The normalized spacial score (nSPS) is 13.4. The number of anilines is 1. The fourth-order valence-electron chi connectivity index (χ4n) is 2.38. The number of primary sulfonamides is 1. The molecular formula is C16H15ClN2O5S. The van der Waals surface area contributed by atoms with Crippen molar-refractivity contribution in [2.45, 2.75) is 11.3 Å². The van der Waals surface area contributed by atoms with Crippen LogP contribution in [-0.4, -0.2) is 27.5 Å². The molecule has 0 bridgehead atoms. The van der Waals surface area contributed by atoms with Crippen LogP contribution in [-0.2, 0) is 21.2 Å². The molecule has 0 unspecified atom stereocenters. The van der Waals surface area contributed by atoms with Crippen LogP contribution in [0.4, 0.5) is 5.69 Å². The number of hydrogen-bond donors (Lipinski definition) is 2. The van der Waals surface area contributed by atoms with E-state index in [4.69, 9.17) is 26.2 Å². The number of hydrogen-bond acceptors (Lipinski definition) is 5. The lowest BCUT2D eigenvalue weighted by Gasteiger charge is -2.20. The van der Waals surface area contributed by atoms with Crippen LogP contribution in [0.2, 0.25) is 5.02 Å². The van der Waals surface area contributed by atoms with Gasteiger partial charge in [-0.1, -0.05) is 11.6 Å². The minimum absolute atomic E-state index is 0.0240. The van der Waals surface area contributed by atoms with Crippen LogP contribution >= 0.6 is 11.6 Å². The largest absolute Gasteiger partial charge is 0.486 e. The molecule has 0 spiro atoms. The molecule has 1 aliphatic heterocycles. The molecule has 1 aliphatic rings. The predicted octanol–water partition coefficient (Wildman–Crippen LogP) is 1.94. The second-order valence-electron chi connectivity index (χ2n) is 5.40. The van der Waals surface area contributed by atoms with Gasteiger partial charge < -0.3 is 14.8 Å². The quantitative estimate of drug-likeness (QED) is 0.840. The van der Waals surface area contributed by atoms with Crippen LogP contribution in [0, 0.1) is 0 Å². The van der Waals surface area contributed by atoms with Gasteiger partial charge in [-0.2, -0.15) is 0 Å². The maximum Gasteiger partial charge on any atom is 0.238 e. The molecule has 3 rings (SSSR count). The van der Waals surface area contributed by atoms with Crippen molar-refractivity contribution < 1.29 is 22.7 Å². The number of amides is 1. The summed E-state index contributed by atoms with van der Waals surface area (Å²) < 4.78 is 33.3. The van der Waals surface area contributed by atoms with Gasteiger partial charge in [-0.15, -0.1) is 0 Å². The highest BCUT2D eigenvalue weighted by Gasteiger charge is 2.18. The summed E-state index contributed by atoms with van der Waals surface area (Å²) in [4.78, 5) is 12.1. The Morgan fingerprint density at radius 2 is 1.84 bits per heavy atom. The molecule has 3 N–H and O–H groups in total. The first kappa shape index (κ1) is 17.5. The third-order valence-electron chi connectivity index (χ3n) is 3.49. The van der Waals surface area contributed by atoms with Crippen molar-refractivity contribution in [2.75, 3.05) is 18.5 Å². The van der Waals surface area contributed by atoms with Gasteiger partial charge in [0.25, 0.3) is 0 Å². The SMILES string of the molecule is NS(=O)(=O)c1ccc(NC(=O)Cc2cc(Cl)c3c(c2)OCCO3)cc1. The number of sulfonamides is 1. The molecule has 1 amide bonds. The van der Waals surface area contributed by atoms with E-state index in [1.165, 1.54) is 24.3 Å². The summed E-state index contributed by atoms with van der Waals surface area (Å²) >= 11 is 6.15. The molecule has 0 atom stereocenters. The number of carbonyl (C=O) groups is 1. The first-order chi connectivity index (χ1) is 11.8. The van der Waals surface area contributed by atoms with Gasteiger partial charge >= 0.3 is 0 Å². The number of nitrogens with one attached hydrogen (secondary N) is 1. The lowest BCUT2D eigenvalue weighted by Crippen LogP contribution is -2.17. The molecule has 7 nitrogen and oxygen atoms in total. The molecule has 0 radical (unpaired) electrons. The van der Waals surface area contributed by atoms with Crippen molar-refractivity contribution in [3.8, 4) is 11.5 Å². The van der Waals surface area contributed by atoms with Gasteiger partial charge in [0.1, 0.15) is 13.2 Å². The molecular weight excluding hydrogens is 368 g/mol.